The second kappa shape index (κ2) is 10.2. The Morgan fingerprint density at radius 1 is 0.964 bits per heavy atom. The minimum absolute atomic E-state index is 0.220. The second-order valence-corrected chi connectivity index (χ2v) is 8.88. The van der Waals surface area contributed by atoms with E-state index in [0.29, 0.717) is 0 Å². The molecule has 0 aromatic heterocycles. The van der Waals surface area contributed by atoms with E-state index in [1.54, 1.807) is 6.07 Å². The highest BCUT2D eigenvalue weighted by atomic mass is 19.1. The minimum Gasteiger partial charge on any atom is -0.205 e. The van der Waals surface area contributed by atoms with Gasteiger partial charge in [-0.2, -0.15) is 5.26 Å². The number of hydrogen-bond acceptors (Lipinski definition) is 1. The summed E-state index contributed by atoms with van der Waals surface area (Å²) in [5, 5.41) is 8.81. The first-order valence-corrected chi connectivity index (χ1v) is 11.2. The molecule has 1 aromatic rings. The molecule has 2 aliphatic rings. The van der Waals surface area contributed by atoms with Gasteiger partial charge in [0, 0.05) is 0 Å². The van der Waals surface area contributed by atoms with Gasteiger partial charge in [-0.25, -0.2) is 8.78 Å². The predicted octanol–water partition coefficient (Wildman–Crippen LogP) is 7.66. The molecule has 0 bridgehead atoms. The number of benzene rings is 1. The van der Waals surface area contributed by atoms with E-state index in [1.807, 2.05) is 0 Å². The summed E-state index contributed by atoms with van der Waals surface area (Å²) in [6, 6.07) is 4.33. The van der Waals surface area contributed by atoms with Gasteiger partial charge in [0.15, 0.2) is 0 Å². The van der Waals surface area contributed by atoms with Gasteiger partial charge in [0.25, 0.3) is 0 Å². The Labute approximate surface area is 168 Å². The van der Waals surface area contributed by atoms with E-state index in [0.717, 1.165) is 55.4 Å². The minimum atomic E-state index is -0.724. The van der Waals surface area contributed by atoms with Crippen LogP contribution in [0.2, 0.25) is 0 Å². The monoisotopic (exact) mass is 385 g/mol. The zero-order valence-electron chi connectivity index (χ0n) is 17.1. The summed E-state index contributed by atoms with van der Waals surface area (Å²) in [7, 11) is 0. The van der Waals surface area contributed by atoms with Gasteiger partial charge in [-0.3, -0.25) is 0 Å². The molecule has 0 spiro atoms. The smallest absolute Gasteiger partial charge is 0.144 e. The molecule has 1 aromatic carbocycles. The van der Waals surface area contributed by atoms with E-state index in [9.17, 15) is 8.78 Å². The van der Waals surface area contributed by atoms with Crippen LogP contribution in [0.1, 0.15) is 94.6 Å². The zero-order chi connectivity index (χ0) is 19.9. The lowest BCUT2D eigenvalue weighted by molar-refractivity contribution is 0.301. The van der Waals surface area contributed by atoms with E-state index in [1.165, 1.54) is 50.7 Å². The Kier molecular flexibility index (Phi) is 7.65. The van der Waals surface area contributed by atoms with Crippen LogP contribution in [0.3, 0.4) is 0 Å². The Balaban J connectivity index is 1.40. The van der Waals surface area contributed by atoms with Crippen LogP contribution in [-0.2, 0) is 0 Å². The molecular weight excluding hydrogens is 352 g/mol. The van der Waals surface area contributed by atoms with Crippen molar-refractivity contribution in [3.8, 4) is 6.07 Å². The fourth-order valence-electron chi connectivity index (χ4n) is 5.13. The summed E-state index contributed by atoms with van der Waals surface area (Å²) in [6.45, 7) is 2.31. The normalized spacial score (nSPS) is 28.4. The molecule has 28 heavy (non-hydrogen) atoms. The van der Waals surface area contributed by atoms with E-state index >= 15 is 0 Å². The van der Waals surface area contributed by atoms with Crippen molar-refractivity contribution < 1.29 is 8.78 Å². The van der Waals surface area contributed by atoms with Gasteiger partial charge in [0.05, 0.1) is 0 Å². The lowest BCUT2D eigenvalue weighted by Crippen LogP contribution is -2.14. The molecule has 2 saturated carbocycles. The quantitative estimate of drug-likeness (QED) is 0.461. The lowest BCUT2D eigenvalue weighted by Gasteiger charge is -2.29. The number of halogens is 2. The molecule has 2 aliphatic carbocycles. The summed E-state index contributed by atoms with van der Waals surface area (Å²) < 4.78 is 27.7. The number of nitrogens with zero attached hydrogens (tertiary/aromatic N) is 1. The highest BCUT2D eigenvalue weighted by Gasteiger charge is 2.24. The summed E-state index contributed by atoms with van der Waals surface area (Å²) in [4.78, 5) is 0. The number of rotatable bonds is 6. The Morgan fingerprint density at radius 3 is 2.14 bits per heavy atom. The van der Waals surface area contributed by atoms with Gasteiger partial charge < -0.3 is 0 Å². The second-order valence-electron chi connectivity index (χ2n) is 8.88. The molecule has 0 aliphatic heterocycles. The van der Waals surface area contributed by atoms with E-state index in [4.69, 9.17) is 5.26 Å². The summed E-state index contributed by atoms with van der Waals surface area (Å²) in [6.07, 6.45) is 18.3. The molecule has 2 fully saturated rings. The maximum absolute atomic E-state index is 13.9. The SMILES string of the molecule is CCC1CCC(/C=C/CCC2CCC(c3cc(F)c(C#N)c(F)c3)CC2)CC1. The molecule has 1 nitrogen and oxygen atoms in total. The fourth-order valence-corrected chi connectivity index (χ4v) is 5.13. The molecule has 0 atom stereocenters. The third kappa shape index (κ3) is 5.43. The number of nitriles is 1. The first-order chi connectivity index (χ1) is 13.6. The molecule has 3 rings (SSSR count). The molecule has 0 N–H and O–H groups in total. The molecule has 3 heteroatoms. The standard InChI is InChI=1S/C25H33F2N/c1-2-18-7-9-19(10-8-18)5-3-4-6-20-11-13-21(14-12-20)22-15-24(26)23(17-28)25(27)16-22/h3,5,15-16,18-21H,2,4,6-14H2,1H3/b5-3+. The van der Waals surface area contributed by atoms with Gasteiger partial charge in [-0.1, -0.05) is 25.5 Å². The van der Waals surface area contributed by atoms with Crippen molar-refractivity contribution in [1.29, 1.82) is 5.26 Å². The maximum Gasteiger partial charge on any atom is 0.144 e. The fraction of sp³-hybridized carbons (Fsp3) is 0.640. The van der Waals surface area contributed by atoms with Crippen molar-refractivity contribution >= 4 is 0 Å². The summed E-state index contributed by atoms with van der Waals surface area (Å²) in [5.74, 6) is 1.25. The average Bonchev–Trinajstić information content (AvgIpc) is 2.72. The van der Waals surface area contributed by atoms with E-state index < -0.39 is 17.2 Å². The van der Waals surface area contributed by atoms with Crippen LogP contribution in [0.25, 0.3) is 0 Å². The van der Waals surface area contributed by atoms with Crippen molar-refractivity contribution in [3.63, 3.8) is 0 Å². The van der Waals surface area contributed by atoms with Crippen molar-refractivity contribution in [1.82, 2.24) is 0 Å². The highest BCUT2D eigenvalue weighted by molar-refractivity contribution is 5.36. The Hall–Kier alpha value is -1.69. The molecule has 0 saturated heterocycles. The van der Waals surface area contributed by atoms with Gasteiger partial charge in [0.2, 0.25) is 0 Å². The molecule has 0 unspecified atom stereocenters. The molecule has 0 heterocycles. The van der Waals surface area contributed by atoms with Crippen LogP contribution >= 0.6 is 0 Å². The molecule has 152 valence electrons. The first-order valence-electron chi connectivity index (χ1n) is 11.2. The van der Waals surface area contributed by atoms with Crippen LogP contribution < -0.4 is 0 Å². The molecular formula is C25H33F2N. The zero-order valence-corrected chi connectivity index (χ0v) is 17.1. The van der Waals surface area contributed by atoms with Crippen LogP contribution in [0.15, 0.2) is 24.3 Å². The van der Waals surface area contributed by atoms with Crippen molar-refractivity contribution in [2.24, 2.45) is 17.8 Å². The first kappa shape index (κ1) is 21.0. The largest absolute Gasteiger partial charge is 0.205 e. The van der Waals surface area contributed by atoms with Crippen LogP contribution in [-0.4, -0.2) is 0 Å². The van der Waals surface area contributed by atoms with E-state index in [2.05, 4.69) is 19.1 Å². The maximum atomic E-state index is 13.9. The Bertz CT molecular complexity index is 679. The van der Waals surface area contributed by atoms with Gasteiger partial charge in [-0.05, 0) is 106 Å². The van der Waals surface area contributed by atoms with Crippen molar-refractivity contribution in [2.45, 2.75) is 83.5 Å². The topological polar surface area (TPSA) is 23.8 Å². The lowest BCUT2D eigenvalue weighted by atomic mass is 9.77. The summed E-state index contributed by atoms with van der Waals surface area (Å²) >= 11 is 0. The Morgan fingerprint density at radius 2 is 1.57 bits per heavy atom. The van der Waals surface area contributed by atoms with Crippen molar-refractivity contribution in [2.75, 3.05) is 0 Å². The predicted molar refractivity (Wildman–Crippen MR) is 110 cm³/mol. The number of hydrogen-bond donors (Lipinski definition) is 0. The number of allylic oxidation sites excluding steroid dienone is 2. The van der Waals surface area contributed by atoms with Gasteiger partial charge in [0.1, 0.15) is 23.3 Å². The van der Waals surface area contributed by atoms with Crippen LogP contribution in [0.4, 0.5) is 8.78 Å². The van der Waals surface area contributed by atoms with E-state index in [-0.39, 0.29) is 5.92 Å². The third-order valence-corrected chi connectivity index (χ3v) is 7.11. The third-order valence-electron chi connectivity index (χ3n) is 7.11. The van der Waals surface area contributed by atoms with Gasteiger partial charge >= 0.3 is 0 Å². The molecule has 0 radical (unpaired) electrons. The highest BCUT2D eigenvalue weighted by Crippen LogP contribution is 2.38. The molecule has 0 amide bonds. The average molecular weight is 386 g/mol. The van der Waals surface area contributed by atoms with Gasteiger partial charge in [-0.15, -0.1) is 0 Å². The van der Waals surface area contributed by atoms with Crippen molar-refractivity contribution in [3.05, 3.63) is 47.0 Å². The van der Waals surface area contributed by atoms with Crippen LogP contribution in [0, 0.1) is 40.7 Å². The van der Waals surface area contributed by atoms with Crippen LogP contribution in [0.5, 0.6) is 0 Å². The summed E-state index contributed by atoms with van der Waals surface area (Å²) in [5.41, 5.74) is 0.252.